The molecule has 4 aliphatic rings. The Kier molecular flexibility index (Phi) is 7.56. The minimum Gasteiger partial charge on any atom is -0.490 e. The number of nitrogens with zero attached hydrogens (tertiary/aromatic N) is 1. The zero-order valence-electron chi connectivity index (χ0n) is 23.8. The van der Waals surface area contributed by atoms with Crippen LogP contribution in [0.1, 0.15) is 67.4 Å². The fourth-order valence-corrected chi connectivity index (χ4v) is 9.01. The fourth-order valence-electron chi connectivity index (χ4n) is 7.20. The van der Waals surface area contributed by atoms with Crippen molar-refractivity contribution in [1.29, 1.82) is 0 Å². The van der Waals surface area contributed by atoms with Gasteiger partial charge < -0.3 is 9.64 Å². The van der Waals surface area contributed by atoms with E-state index in [1.54, 1.807) is 19.1 Å². The van der Waals surface area contributed by atoms with Gasteiger partial charge in [-0.05, 0) is 105 Å². The third-order valence-corrected chi connectivity index (χ3v) is 12.6. The molecule has 2 bridgehead atoms. The van der Waals surface area contributed by atoms with Gasteiger partial charge in [0, 0.05) is 35.0 Å². The summed E-state index contributed by atoms with van der Waals surface area (Å²) in [4.78, 5) is 28.9. The van der Waals surface area contributed by atoms with Crippen molar-refractivity contribution in [2.24, 2.45) is 17.8 Å². The first-order valence-electron chi connectivity index (χ1n) is 14.8. The number of rotatable bonds is 0. The van der Waals surface area contributed by atoms with Crippen molar-refractivity contribution in [2.75, 3.05) is 30.3 Å². The Morgan fingerprint density at radius 2 is 1.90 bits per heavy atom. The molecule has 2 aliphatic carbocycles. The van der Waals surface area contributed by atoms with E-state index < -0.39 is 26.6 Å². The monoisotopic (exact) mass is 595 g/mol. The summed E-state index contributed by atoms with van der Waals surface area (Å²) in [5.74, 6) is -0.186. The molecule has 1 saturated carbocycles. The number of halogens is 1. The average Bonchev–Trinajstić information content (AvgIpc) is 3.06. The molecule has 6 rings (SSSR count). The van der Waals surface area contributed by atoms with Gasteiger partial charge in [0.05, 0.1) is 17.5 Å². The second kappa shape index (κ2) is 10.9. The normalized spacial score (nSPS) is 32.2. The van der Waals surface area contributed by atoms with Gasteiger partial charge in [-0.15, -0.1) is 0 Å². The number of aryl methyl sites for hydroxylation is 1. The molecule has 0 radical (unpaired) electrons. The number of hydrogen-bond acceptors (Lipinski definition) is 6. The van der Waals surface area contributed by atoms with Gasteiger partial charge in [-0.2, -0.15) is 0 Å². The van der Waals surface area contributed by atoms with Crippen LogP contribution in [0.3, 0.4) is 0 Å². The summed E-state index contributed by atoms with van der Waals surface area (Å²) in [5, 5.41) is 0.0327. The second-order valence-corrected chi connectivity index (χ2v) is 15.5. The van der Waals surface area contributed by atoms with Crippen LogP contribution in [0.4, 0.5) is 5.69 Å². The van der Waals surface area contributed by atoms with E-state index >= 15 is 0 Å². The number of sulfone groups is 1. The second-order valence-electron chi connectivity index (χ2n) is 12.7. The van der Waals surface area contributed by atoms with Crippen molar-refractivity contribution in [3.63, 3.8) is 0 Å². The highest BCUT2D eigenvalue weighted by Gasteiger charge is 2.44. The number of hydrogen-bond donors (Lipinski definition) is 0. The van der Waals surface area contributed by atoms with E-state index in [0.29, 0.717) is 37.4 Å². The number of anilines is 1. The van der Waals surface area contributed by atoms with Crippen molar-refractivity contribution < 1.29 is 22.7 Å². The Hall–Kier alpha value is -2.64. The van der Waals surface area contributed by atoms with Crippen LogP contribution in [0.15, 0.2) is 48.6 Å². The number of carbonyl (C=O) groups excluding carboxylic acids is 2. The van der Waals surface area contributed by atoms with Crippen LogP contribution in [-0.4, -0.2) is 50.7 Å². The van der Waals surface area contributed by atoms with Crippen molar-refractivity contribution in [3.8, 4) is 5.75 Å². The minimum absolute atomic E-state index is 0.0542. The van der Waals surface area contributed by atoms with E-state index in [-0.39, 0.29) is 29.0 Å². The molecule has 2 aliphatic heterocycles. The van der Waals surface area contributed by atoms with Gasteiger partial charge in [-0.25, -0.2) is 8.42 Å². The van der Waals surface area contributed by atoms with Crippen LogP contribution in [-0.2, 0) is 26.5 Å². The first kappa shape index (κ1) is 28.5. The zero-order valence-corrected chi connectivity index (χ0v) is 25.3. The number of ketones is 2. The number of benzene rings is 2. The van der Waals surface area contributed by atoms with Gasteiger partial charge in [-0.3, -0.25) is 9.59 Å². The molecular formula is C33H38ClNO5S. The molecule has 41 heavy (non-hydrogen) atoms. The molecule has 0 saturated heterocycles. The molecule has 1 fully saturated rings. The largest absolute Gasteiger partial charge is 0.490 e. The van der Waals surface area contributed by atoms with Gasteiger partial charge in [0.25, 0.3) is 0 Å². The van der Waals surface area contributed by atoms with E-state index in [1.165, 1.54) is 11.1 Å². The highest BCUT2D eigenvalue weighted by Crippen LogP contribution is 2.46. The molecule has 218 valence electrons. The predicted molar refractivity (Wildman–Crippen MR) is 162 cm³/mol. The Balaban J connectivity index is 1.43. The molecule has 0 unspecified atom stereocenters. The van der Waals surface area contributed by atoms with E-state index in [9.17, 15) is 18.0 Å². The maximum absolute atomic E-state index is 13.4. The van der Waals surface area contributed by atoms with Crippen molar-refractivity contribution in [3.05, 3.63) is 70.3 Å². The quantitative estimate of drug-likeness (QED) is 0.372. The lowest BCUT2D eigenvalue weighted by Crippen LogP contribution is -2.49. The molecule has 8 heteroatoms. The smallest absolute Gasteiger partial charge is 0.177 e. The van der Waals surface area contributed by atoms with E-state index in [1.807, 2.05) is 31.2 Å². The lowest BCUT2D eigenvalue weighted by molar-refractivity contribution is -0.122. The maximum Gasteiger partial charge on any atom is 0.177 e. The lowest BCUT2D eigenvalue weighted by atomic mass is 9.68. The molecule has 2 aromatic carbocycles. The molecule has 0 aromatic heterocycles. The van der Waals surface area contributed by atoms with Crippen LogP contribution >= 0.6 is 11.6 Å². The third-order valence-electron chi connectivity index (χ3n) is 10.1. The highest BCUT2D eigenvalue weighted by atomic mass is 35.5. The summed E-state index contributed by atoms with van der Waals surface area (Å²) in [7, 11) is -3.68. The Morgan fingerprint density at radius 3 is 2.68 bits per heavy atom. The average molecular weight is 596 g/mol. The number of Topliss-reactive ketones (excluding diaryl/α,β-unsaturated/α-hetero) is 1. The summed E-state index contributed by atoms with van der Waals surface area (Å²) < 4.78 is 33.0. The predicted octanol–water partition coefficient (Wildman–Crippen LogP) is 5.99. The number of allylic oxidation sites excluding steroid dienone is 2. The molecule has 6 nitrogen and oxygen atoms in total. The molecule has 0 N–H and O–H groups in total. The summed E-state index contributed by atoms with van der Waals surface area (Å²) in [6.45, 7) is 5.38. The third kappa shape index (κ3) is 5.36. The summed E-state index contributed by atoms with van der Waals surface area (Å²) in [6.07, 6.45) is 8.74. The van der Waals surface area contributed by atoms with E-state index in [2.05, 4.69) is 17.0 Å². The summed E-state index contributed by atoms with van der Waals surface area (Å²) in [5.41, 5.74) is 3.41. The van der Waals surface area contributed by atoms with Crippen molar-refractivity contribution in [2.45, 2.75) is 63.0 Å². The van der Waals surface area contributed by atoms with Gasteiger partial charge in [0.1, 0.15) is 11.5 Å². The number of ether oxygens (including phenoxy) is 1. The van der Waals surface area contributed by atoms with Gasteiger partial charge in [-0.1, -0.05) is 30.7 Å². The zero-order chi connectivity index (χ0) is 28.9. The Labute approximate surface area is 248 Å². The van der Waals surface area contributed by atoms with Gasteiger partial charge >= 0.3 is 0 Å². The van der Waals surface area contributed by atoms with Crippen LogP contribution < -0.4 is 9.64 Å². The number of fused-ring (bicyclic) bond motifs is 4. The standard InChI is InChI=1S/C33H38ClNO5S/c1-21-5-3-7-30(36)27-11-8-25(27)17-35-19-33(14-4-6-23-15-26(34)10-12-28(23)33)20-40-32-13-9-24(16-29(32)35)31(37)18-41(38,39)22(21)2/h3,7,9-10,12-13,15-16,21-22,25,27H,4-6,8,11,14,17-20H2,1-2H3/b7-3+/t21-,22+,25-,27+,33-/m0/s1. The fraction of sp³-hybridized carbons (Fsp3) is 0.515. The molecular weight excluding hydrogens is 558 g/mol. The van der Waals surface area contributed by atoms with Crippen LogP contribution in [0, 0.1) is 17.8 Å². The van der Waals surface area contributed by atoms with Crippen LogP contribution in [0.5, 0.6) is 5.75 Å². The van der Waals surface area contributed by atoms with Gasteiger partial charge in [0.2, 0.25) is 0 Å². The van der Waals surface area contributed by atoms with Crippen molar-refractivity contribution >= 4 is 38.7 Å². The van der Waals surface area contributed by atoms with Crippen molar-refractivity contribution in [1.82, 2.24) is 0 Å². The first-order valence-corrected chi connectivity index (χ1v) is 16.9. The first-order chi connectivity index (χ1) is 19.6. The summed E-state index contributed by atoms with van der Waals surface area (Å²) in [6, 6.07) is 11.5. The molecule has 1 spiro atoms. The van der Waals surface area contributed by atoms with Gasteiger partial charge in [0.15, 0.2) is 21.4 Å². The molecule has 2 aromatic rings. The SMILES string of the molecule is C[C@@H]1[C@@H](C)C/C=C/C(=O)[C@@H]2CC[C@H]2CN2C[C@@]3(CCCc4cc(Cl)ccc43)COc3ccc(cc32)C(=O)CS1(=O)=O. The maximum atomic E-state index is 13.4. The number of carbonyl (C=O) groups is 2. The van der Waals surface area contributed by atoms with Crippen LogP contribution in [0.2, 0.25) is 5.02 Å². The molecule has 0 amide bonds. The van der Waals surface area contributed by atoms with E-state index in [4.69, 9.17) is 16.3 Å². The van der Waals surface area contributed by atoms with Crippen LogP contribution in [0.25, 0.3) is 0 Å². The minimum atomic E-state index is -3.68. The molecule has 5 atom stereocenters. The lowest BCUT2D eigenvalue weighted by Gasteiger charge is -2.44. The molecule has 2 heterocycles. The van der Waals surface area contributed by atoms with E-state index in [0.717, 1.165) is 42.8 Å². The highest BCUT2D eigenvalue weighted by molar-refractivity contribution is 7.92. The topological polar surface area (TPSA) is 80.8 Å². The summed E-state index contributed by atoms with van der Waals surface area (Å²) >= 11 is 6.38. The Bertz CT molecular complexity index is 1520. The Morgan fingerprint density at radius 1 is 1.07 bits per heavy atom.